The first-order valence-electron chi connectivity index (χ1n) is 10.8. The van der Waals surface area contributed by atoms with Gasteiger partial charge in [0.1, 0.15) is 12.1 Å². The van der Waals surface area contributed by atoms with Crippen LogP contribution in [0.25, 0.3) is 0 Å². The van der Waals surface area contributed by atoms with Crippen molar-refractivity contribution in [2.75, 3.05) is 11.9 Å². The van der Waals surface area contributed by atoms with E-state index in [4.69, 9.17) is 14.7 Å². The summed E-state index contributed by atoms with van der Waals surface area (Å²) >= 11 is 0. The Bertz CT molecular complexity index is 1210. The van der Waals surface area contributed by atoms with Crippen molar-refractivity contribution in [1.29, 1.82) is 5.26 Å². The summed E-state index contributed by atoms with van der Waals surface area (Å²) in [6, 6.07) is 12.9. The Hall–Kier alpha value is -4.06. The van der Waals surface area contributed by atoms with E-state index in [0.717, 1.165) is 30.6 Å². The van der Waals surface area contributed by atoms with Gasteiger partial charge in [-0.1, -0.05) is 12.1 Å². The molecular weight excluding hydrogens is 424 g/mol. The normalized spacial score (nSPS) is 22.4. The first-order valence-corrected chi connectivity index (χ1v) is 10.8. The number of carbonyl (C=O) groups is 3. The average Bonchev–Trinajstić information content (AvgIpc) is 3.47. The van der Waals surface area contributed by atoms with Crippen molar-refractivity contribution in [2.45, 2.75) is 43.9 Å². The number of fused-ring (bicyclic) bond motifs is 1. The second kappa shape index (κ2) is 7.52. The fourth-order valence-electron chi connectivity index (χ4n) is 4.57. The average molecular weight is 446 g/mol. The number of urea groups is 1. The maximum absolute atomic E-state index is 13.1. The van der Waals surface area contributed by atoms with Crippen LogP contribution in [0.3, 0.4) is 0 Å². The number of hydrogen-bond acceptors (Lipinski definition) is 6. The minimum absolute atomic E-state index is 0.370. The lowest BCUT2D eigenvalue weighted by Gasteiger charge is -2.22. The van der Waals surface area contributed by atoms with Crippen molar-refractivity contribution in [2.24, 2.45) is 0 Å². The zero-order chi connectivity index (χ0) is 23.2. The smallest absolute Gasteiger partial charge is 0.325 e. The standard InChI is InChI=1S/C24H22N4O5/c1-23(16-6-4-5-15(11-16)13-25)21(30)28(22(31)27-23)14-20(29)26-17-7-8-18-19(12-17)33-24(32-18)9-2-3-10-24/h4-8,11-12H,2-3,9-10,14H2,1H3,(H,26,29)(H,27,31). The molecule has 9 nitrogen and oxygen atoms in total. The lowest BCUT2D eigenvalue weighted by molar-refractivity contribution is -0.133. The fraction of sp³-hybridized carbons (Fsp3) is 0.333. The lowest BCUT2D eigenvalue weighted by atomic mass is 9.91. The number of amides is 4. The zero-order valence-electron chi connectivity index (χ0n) is 18.0. The summed E-state index contributed by atoms with van der Waals surface area (Å²) in [6.07, 6.45) is 3.74. The number of carbonyl (C=O) groups excluding carboxylic acids is 3. The molecule has 1 saturated heterocycles. The number of hydrogen-bond donors (Lipinski definition) is 2. The van der Waals surface area contributed by atoms with E-state index in [2.05, 4.69) is 10.6 Å². The zero-order valence-corrected chi connectivity index (χ0v) is 18.0. The van der Waals surface area contributed by atoms with E-state index in [0.29, 0.717) is 28.3 Å². The summed E-state index contributed by atoms with van der Waals surface area (Å²) in [5.41, 5.74) is -0.0408. The topological polar surface area (TPSA) is 121 Å². The molecule has 2 aromatic carbocycles. The number of imide groups is 1. The molecule has 1 spiro atoms. The van der Waals surface area contributed by atoms with Crippen LogP contribution in [0.5, 0.6) is 11.5 Å². The Kier molecular flexibility index (Phi) is 4.74. The van der Waals surface area contributed by atoms with Crippen LogP contribution >= 0.6 is 0 Å². The molecular formula is C24H22N4O5. The molecule has 2 N–H and O–H groups in total. The molecule has 4 amide bonds. The predicted molar refractivity (Wildman–Crippen MR) is 116 cm³/mol. The quantitative estimate of drug-likeness (QED) is 0.697. The maximum atomic E-state index is 13.1. The van der Waals surface area contributed by atoms with E-state index < -0.39 is 35.7 Å². The van der Waals surface area contributed by atoms with E-state index in [-0.39, 0.29) is 0 Å². The van der Waals surface area contributed by atoms with Crippen LogP contribution in [-0.2, 0) is 15.1 Å². The van der Waals surface area contributed by atoms with Gasteiger partial charge in [-0.15, -0.1) is 0 Å². The van der Waals surface area contributed by atoms with Crippen molar-refractivity contribution in [1.82, 2.24) is 10.2 Å². The number of ether oxygens (including phenoxy) is 2. The van der Waals surface area contributed by atoms with Gasteiger partial charge in [0, 0.05) is 24.6 Å². The van der Waals surface area contributed by atoms with Crippen molar-refractivity contribution >= 4 is 23.5 Å². The summed E-state index contributed by atoms with van der Waals surface area (Å²) < 4.78 is 12.0. The van der Waals surface area contributed by atoms with Gasteiger partial charge in [-0.05, 0) is 49.6 Å². The number of rotatable bonds is 4. The van der Waals surface area contributed by atoms with Gasteiger partial charge in [0.25, 0.3) is 11.7 Å². The molecule has 1 atom stereocenters. The van der Waals surface area contributed by atoms with E-state index in [1.165, 1.54) is 0 Å². The van der Waals surface area contributed by atoms with E-state index in [1.807, 2.05) is 6.07 Å². The summed E-state index contributed by atoms with van der Waals surface area (Å²) in [4.78, 5) is 39.1. The fourth-order valence-corrected chi connectivity index (χ4v) is 4.57. The molecule has 2 heterocycles. The first kappa shape index (κ1) is 20.8. The van der Waals surface area contributed by atoms with Crippen LogP contribution in [0.1, 0.15) is 43.7 Å². The summed E-state index contributed by atoms with van der Waals surface area (Å²) in [5, 5.41) is 14.5. The lowest BCUT2D eigenvalue weighted by Crippen LogP contribution is -2.42. The monoisotopic (exact) mass is 446 g/mol. The van der Waals surface area contributed by atoms with Gasteiger partial charge in [0.15, 0.2) is 11.5 Å². The number of nitriles is 1. The Morgan fingerprint density at radius 3 is 2.67 bits per heavy atom. The molecule has 5 rings (SSSR count). The Morgan fingerprint density at radius 2 is 1.91 bits per heavy atom. The van der Waals surface area contributed by atoms with Gasteiger partial charge >= 0.3 is 6.03 Å². The third-order valence-corrected chi connectivity index (χ3v) is 6.33. The summed E-state index contributed by atoms with van der Waals surface area (Å²) in [6.45, 7) is 1.11. The highest BCUT2D eigenvalue weighted by atomic mass is 16.7. The molecule has 168 valence electrons. The highest BCUT2D eigenvalue weighted by molar-refractivity contribution is 6.10. The molecule has 0 aromatic heterocycles. The minimum Gasteiger partial charge on any atom is -0.448 e. The number of benzene rings is 2. The molecule has 1 unspecified atom stereocenters. The summed E-state index contributed by atoms with van der Waals surface area (Å²) in [7, 11) is 0. The van der Waals surface area contributed by atoms with Gasteiger partial charge in [0.2, 0.25) is 5.91 Å². The largest absolute Gasteiger partial charge is 0.448 e. The molecule has 1 aliphatic carbocycles. The second-order valence-corrected chi connectivity index (χ2v) is 8.67. The van der Waals surface area contributed by atoms with E-state index >= 15 is 0 Å². The molecule has 33 heavy (non-hydrogen) atoms. The first-order chi connectivity index (χ1) is 15.8. The Balaban J connectivity index is 1.27. The van der Waals surface area contributed by atoms with E-state index in [1.54, 1.807) is 49.4 Å². The van der Waals surface area contributed by atoms with Crippen LogP contribution in [-0.4, -0.2) is 35.1 Å². The Labute approximate surface area is 190 Å². The number of nitrogens with one attached hydrogen (secondary N) is 2. The third-order valence-electron chi connectivity index (χ3n) is 6.33. The second-order valence-electron chi connectivity index (χ2n) is 8.67. The van der Waals surface area contributed by atoms with Gasteiger partial charge in [0.05, 0.1) is 11.6 Å². The molecule has 2 aromatic rings. The van der Waals surface area contributed by atoms with Crippen LogP contribution in [0.2, 0.25) is 0 Å². The van der Waals surface area contributed by atoms with Crippen molar-refractivity contribution in [3.8, 4) is 17.6 Å². The molecule has 0 bridgehead atoms. The minimum atomic E-state index is -1.36. The van der Waals surface area contributed by atoms with Crippen LogP contribution < -0.4 is 20.1 Å². The van der Waals surface area contributed by atoms with E-state index in [9.17, 15) is 14.4 Å². The Morgan fingerprint density at radius 1 is 1.15 bits per heavy atom. The van der Waals surface area contributed by atoms with Crippen molar-refractivity contribution in [3.05, 3.63) is 53.6 Å². The molecule has 9 heteroatoms. The highest BCUT2D eigenvalue weighted by Crippen LogP contribution is 2.47. The van der Waals surface area contributed by atoms with Crippen molar-refractivity contribution in [3.63, 3.8) is 0 Å². The molecule has 2 aliphatic heterocycles. The maximum Gasteiger partial charge on any atom is 0.325 e. The number of nitrogens with zero attached hydrogens (tertiary/aromatic N) is 2. The molecule has 2 fully saturated rings. The summed E-state index contributed by atoms with van der Waals surface area (Å²) in [5.74, 6) is -0.484. The van der Waals surface area contributed by atoms with Gasteiger partial charge in [-0.2, -0.15) is 5.26 Å². The predicted octanol–water partition coefficient (Wildman–Crippen LogP) is 3.01. The third kappa shape index (κ3) is 3.53. The van der Waals surface area contributed by atoms with Crippen LogP contribution in [0.15, 0.2) is 42.5 Å². The molecule has 0 radical (unpaired) electrons. The highest BCUT2D eigenvalue weighted by Gasteiger charge is 2.49. The van der Waals surface area contributed by atoms with Gasteiger partial charge < -0.3 is 20.1 Å². The van der Waals surface area contributed by atoms with Crippen molar-refractivity contribution < 1.29 is 23.9 Å². The number of anilines is 1. The van der Waals surface area contributed by atoms with Gasteiger partial charge in [-0.25, -0.2) is 4.79 Å². The van der Waals surface area contributed by atoms with Crippen LogP contribution in [0.4, 0.5) is 10.5 Å². The molecule has 1 saturated carbocycles. The molecule has 3 aliphatic rings. The van der Waals surface area contributed by atoms with Crippen LogP contribution in [0, 0.1) is 11.3 Å². The van der Waals surface area contributed by atoms with Gasteiger partial charge in [-0.3, -0.25) is 14.5 Å². The SMILES string of the molecule is CC1(c2cccc(C#N)c2)NC(=O)N(CC(=O)Nc2ccc3c(c2)OC2(CCCC2)O3)C1=O.